The van der Waals surface area contributed by atoms with Crippen molar-refractivity contribution >= 4 is 11.4 Å². The smallest absolute Gasteiger partial charge is 0.399 e. The van der Waals surface area contributed by atoms with Crippen molar-refractivity contribution < 1.29 is 18.3 Å². The maximum Gasteiger partial charge on any atom is 0.418 e. The molecule has 1 heterocycles. The molecule has 1 aromatic rings. The number of β-amino-alcohol motifs (C(OH)–C–C–N with tert-alkyl or cyclic N) is 1. The first kappa shape index (κ1) is 12.0. The Hall–Kier alpha value is -1.43. The van der Waals surface area contributed by atoms with E-state index >= 15 is 0 Å². The van der Waals surface area contributed by atoms with Crippen LogP contribution >= 0.6 is 0 Å². The van der Waals surface area contributed by atoms with Gasteiger partial charge in [0.1, 0.15) is 0 Å². The summed E-state index contributed by atoms with van der Waals surface area (Å²) in [6.07, 6.45) is -4.89. The summed E-state index contributed by atoms with van der Waals surface area (Å²) in [6.45, 7) is -0.250. The molecule has 94 valence electrons. The molecule has 0 bridgehead atoms. The van der Waals surface area contributed by atoms with E-state index in [-0.39, 0.29) is 13.0 Å². The van der Waals surface area contributed by atoms with Gasteiger partial charge in [-0.15, -0.1) is 0 Å². The van der Waals surface area contributed by atoms with Crippen LogP contribution in [0.3, 0.4) is 0 Å². The number of hydrogen-bond acceptors (Lipinski definition) is 3. The van der Waals surface area contributed by atoms with Crippen molar-refractivity contribution in [3.8, 4) is 0 Å². The first-order chi connectivity index (χ1) is 7.82. The van der Waals surface area contributed by atoms with Crippen LogP contribution in [0.15, 0.2) is 24.3 Å². The zero-order chi connectivity index (χ0) is 12.7. The van der Waals surface area contributed by atoms with Gasteiger partial charge in [0, 0.05) is 24.3 Å². The van der Waals surface area contributed by atoms with E-state index in [1.165, 1.54) is 4.90 Å². The third-order valence-electron chi connectivity index (χ3n) is 3.03. The number of halogens is 3. The summed E-state index contributed by atoms with van der Waals surface area (Å²) < 4.78 is 37.8. The summed E-state index contributed by atoms with van der Waals surface area (Å²) in [5.41, 5.74) is 4.09. The maximum absolute atomic E-state index is 12.6. The van der Waals surface area contributed by atoms with Gasteiger partial charge in [-0.25, -0.2) is 0 Å². The van der Waals surface area contributed by atoms with Gasteiger partial charge in [-0.3, -0.25) is 0 Å². The summed E-state index contributed by atoms with van der Waals surface area (Å²) in [4.78, 5) is 1.51. The van der Waals surface area contributed by atoms with Crippen molar-refractivity contribution in [3.63, 3.8) is 0 Å². The molecule has 0 aromatic heterocycles. The van der Waals surface area contributed by atoms with Crippen molar-refractivity contribution in [2.24, 2.45) is 0 Å². The van der Waals surface area contributed by atoms with Crippen LogP contribution in [0.1, 0.15) is 6.42 Å². The quantitative estimate of drug-likeness (QED) is 0.742. The van der Waals surface area contributed by atoms with Gasteiger partial charge in [0.25, 0.3) is 0 Å². The molecule has 1 aromatic carbocycles. The SMILES string of the molecule is Nc1ccc(N2CC[C@](O)(C(F)(F)F)C2)cc1. The van der Waals surface area contributed by atoms with E-state index < -0.39 is 18.3 Å². The molecule has 3 nitrogen and oxygen atoms in total. The third kappa shape index (κ3) is 2.17. The Morgan fingerprint density at radius 1 is 1.24 bits per heavy atom. The molecule has 0 unspecified atom stereocenters. The molecule has 2 rings (SSSR count). The molecular formula is C11H13F3N2O. The Labute approximate surface area is 96.6 Å². The zero-order valence-electron chi connectivity index (χ0n) is 9.04. The van der Waals surface area contributed by atoms with E-state index in [1.807, 2.05) is 0 Å². The molecule has 0 spiro atoms. The number of anilines is 2. The van der Waals surface area contributed by atoms with Crippen LogP contribution in [-0.4, -0.2) is 30.0 Å². The largest absolute Gasteiger partial charge is 0.418 e. The van der Waals surface area contributed by atoms with Gasteiger partial charge < -0.3 is 15.7 Å². The van der Waals surface area contributed by atoms with Crippen LogP contribution in [0, 0.1) is 0 Å². The second-order valence-electron chi connectivity index (χ2n) is 4.29. The Morgan fingerprint density at radius 3 is 2.29 bits per heavy atom. The lowest BCUT2D eigenvalue weighted by molar-refractivity contribution is -0.250. The van der Waals surface area contributed by atoms with Gasteiger partial charge in [0.05, 0.1) is 6.54 Å². The highest BCUT2D eigenvalue weighted by Gasteiger charge is 2.57. The first-order valence-corrected chi connectivity index (χ1v) is 5.21. The molecule has 1 aliphatic heterocycles. The van der Waals surface area contributed by atoms with Crippen molar-refractivity contribution in [1.29, 1.82) is 0 Å². The molecule has 3 N–H and O–H groups in total. The highest BCUT2D eigenvalue weighted by molar-refractivity contribution is 5.54. The third-order valence-corrected chi connectivity index (χ3v) is 3.03. The standard InChI is InChI=1S/C11H13F3N2O/c12-11(13,14)10(17)5-6-16(7-10)9-3-1-8(15)2-4-9/h1-4,17H,5-7,15H2/t10-/m1/s1. The number of nitrogens with two attached hydrogens (primary N) is 1. The number of hydrogen-bond donors (Lipinski definition) is 2. The lowest BCUT2D eigenvalue weighted by Gasteiger charge is -2.26. The van der Waals surface area contributed by atoms with E-state index in [4.69, 9.17) is 5.73 Å². The van der Waals surface area contributed by atoms with Crippen molar-refractivity contribution in [2.45, 2.75) is 18.2 Å². The normalized spacial score (nSPS) is 25.3. The van der Waals surface area contributed by atoms with Crippen molar-refractivity contribution in [2.75, 3.05) is 23.7 Å². The molecule has 1 aliphatic rings. The second kappa shape index (κ2) is 3.80. The summed E-state index contributed by atoms with van der Waals surface area (Å²) in [5.74, 6) is 0. The lowest BCUT2D eigenvalue weighted by Crippen LogP contribution is -2.47. The van der Waals surface area contributed by atoms with Crippen LogP contribution in [0.2, 0.25) is 0 Å². The first-order valence-electron chi connectivity index (χ1n) is 5.21. The minimum Gasteiger partial charge on any atom is -0.399 e. The van der Waals surface area contributed by atoms with Crippen LogP contribution < -0.4 is 10.6 Å². The van der Waals surface area contributed by atoms with Crippen molar-refractivity contribution in [3.05, 3.63) is 24.3 Å². The average molecular weight is 246 g/mol. The summed E-state index contributed by atoms with van der Waals surface area (Å²) in [5, 5.41) is 9.52. The monoisotopic (exact) mass is 246 g/mol. The van der Waals surface area contributed by atoms with Gasteiger partial charge in [-0.05, 0) is 24.3 Å². The van der Waals surface area contributed by atoms with E-state index in [9.17, 15) is 18.3 Å². The maximum atomic E-state index is 12.6. The van der Waals surface area contributed by atoms with Gasteiger partial charge >= 0.3 is 6.18 Å². The van der Waals surface area contributed by atoms with Gasteiger partial charge in [-0.1, -0.05) is 0 Å². The van der Waals surface area contributed by atoms with Crippen molar-refractivity contribution in [1.82, 2.24) is 0 Å². The van der Waals surface area contributed by atoms with Crippen LogP contribution in [0.4, 0.5) is 24.5 Å². The number of rotatable bonds is 1. The number of benzene rings is 1. The molecule has 0 aliphatic carbocycles. The molecular weight excluding hydrogens is 233 g/mol. The van der Waals surface area contributed by atoms with Crippen LogP contribution in [0.5, 0.6) is 0 Å². The Kier molecular flexibility index (Phi) is 2.69. The molecule has 1 saturated heterocycles. The van der Waals surface area contributed by atoms with Gasteiger partial charge in [0.15, 0.2) is 5.60 Å². The number of aliphatic hydroxyl groups is 1. The van der Waals surface area contributed by atoms with E-state index in [0.29, 0.717) is 11.4 Å². The molecule has 17 heavy (non-hydrogen) atoms. The van der Waals surface area contributed by atoms with Gasteiger partial charge in [0.2, 0.25) is 0 Å². The number of alkyl halides is 3. The fourth-order valence-electron chi connectivity index (χ4n) is 1.93. The fourth-order valence-corrected chi connectivity index (χ4v) is 1.93. The molecule has 1 atom stereocenters. The van der Waals surface area contributed by atoms with Crippen LogP contribution in [-0.2, 0) is 0 Å². The topological polar surface area (TPSA) is 49.5 Å². The fraction of sp³-hybridized carbons (Fsp3) is 0.455. The predicted octanol–water partition coefficient (Wildman–Crippen LogP) is 1.77. The molecule has 6 heteroatoms. The Bertz CT molecular complexity index is 404. The highest BCUT2D eigenvalue weighted by atomic mass is 19.4. The van der Waals surface area contributed by atoms with Crippen LogP contribution in [0.25, 0.3) is 0 Å². The zero-order valence-corrected chi connectivity index (χ0v) is 9.04. The number of nitrogen functional groups attached to an aromatic ring is 1. The minimum atomic E-state index is -4.59. The van der Waals surface area contributed by atoms with E-state index in [0.717, 1.165) is 0 Å². The molecule has 0 radical (unpaired) electrons. The predicted molar refractivity (Wildman–Crippen MR) is 58.7 cm³/mol. The van der Waals surface area contributed by atoms with E-state index in [1.54, 1.807) is 24.3 Å². The number of nitrogens with zero attached hydrogens (tertiary/aromatic N) is 1. The van der Waals surface area contributed by atoms with Gasteiger partial charge in [-0.2, -0.15) is 13.2 Å². The Balaban J connectivity index is 2.15. The lowest BCUT2D eigenvalue weighted by atomic mass is 10.0. The summed E-state index contributed by atoms with van der Waals surface area (Å²) >= 11 is 0. The average Bonchev–Trinajstić information content (AvgIpc) is 2.63. The second-order valence-corrected chi connectivity index (χ2v) is 4.29. The van der Waals surface area contributed by atoms with E-state index in [2.05, 4.69) is 0 Å². The minimum absolute atomic E-state index is 0.180. The summed E-state index contributed by atoms with van der Waals surface area (Å²) in [7, 11) is 0. The molecule has 0 saturated carbocycles. The Morgan fingerprint density at radius 2 is 1.82 bits per heavy atom. The molecule has 1 fully saturated rings. The summed E-state index contributed by atoms with van der Waals surface area (Å²) in [6, 6.07) is 6.55. The molecule has 0 amide bonds. The highest BCUT2D eigenvalue weighted by Crippen LogP contribution is 2.39.